The van der Waals surface area contributed by atoms with Gasteiger partial charge in [0.2, 0.25) is 4.80 Å². The highest BCUT2D eigenvalue weighted by Gasteiger charge is 2.12. The van der Waals surface area contributed by atoms with Crippen molar-refractivity contribution in [2.75, 3.05) is 0 Å². The van der Waals surface area contributed by atoms with Crippen LogP contribution in [-0.4, -0.2) is 16.1 Å². The Morgan fingerprint density at radius 3 is 2.63 bits per heavy atom. The SMILES string of the molecule is Cn1/c(=N/NC(=O)NC(C)(C)C)sc2ccccc21. The van der Waals surface area contributed by atoms with Crippen LogP contribution in [-0.2, 0) is 7.05 Å². The van der Waals surface area contributed by atoms with Gasteiger partial charge in [-0.05, 0) is 32.9 Å². The fraction of sp³-hybridized carbons (Fsp3) is 0.385. The van der Waals surface area contributed by atoms with E-state index in [-0.39, 0.29) is 11.6 Å². The Labute approximate surface area is 115 Å². The summed E-state index contributed by atoms with van der Waals surface area (Å²) in [5.41, 5.74) is 3.35. The second-order valence-corrected chi connectivity index (χ2v) is 6.35. The number of carbonyl (C=O) groups is 1. The van der Waals surface area contributed by atoms with E-state index in [0.717, 1.165) is 15.0 Å². The highest BCUT2D eigenvalue weighted by Crippen LogP contribution is 2.14. The lowest BCUT2D eigenvalue weighted by Crippen LogP contribution is -2.45. The Kier molecular flexibility index (Phi) is 3.61. The average Bonchev–Trinajstić information content (AvgIpc) is 2.62. The number of thiazole rings is 1. The molecule has 0 unspecified atom stereocenters. The molecule has 2 aromatic rings. The van der Waals surface area contributed by atoms with Gasteiger partial charge in [-0.25, -0.2) is 10.2 Å². The number of urea groups is 1. The summed E-state index contributed by atoms with van der Waals surface area (Å²) in [7, 11) is 1.93. The molecule has 1 aromatic carbocycles. The molecule has 0 aliphatic heterocycles. The molecule has 0 saturated carbocycles. The molecule has 0 radical (unpaired) electrons. The Balaban J connectivity index is 2.23. The molecule has 2 amide bonds. The van der Waals surface area contributed by atoms with Crippen molar-refractivity contribution < 1.29 is 4.79 Å². The molecule has 6 heteroatoms. The number of hydrogen-bond acceptors (Lipinski definition) is 3. The summed E-state index contributed by atoms with van der Waals surface area (Å²) in [6, 6.07) is 7.74. The molecule has 1 aromatic heterocycles. The van der Waals surface area contributed by atoms with Crippen LogP contribution in [0.3, 0.4) is 0 Å². The summed E-state index contributed by atoms with van der Waals surface area (Å²) < 4.78 is 3.10. The highest BCUT2D eigenvalue weighted by atomic mass is 32.1. The van der Waals surface area contributed by atoms with E-state index in [4.69, 9.17) is 0 Å². The van der Waals surface area contributed by atoms with Gasteiger partial charge in [-0.1, -0.05) is 23.5 Å². The molecule has 5 nitrogen and oxygen atoms in total. The highest BCUT2D eigenvalue weighted by molar-refractivity contribution is 7.16. The Hall–Kier alpha value is -1.82. The number of para-hydroxylation sites is 1. The van der Waals surface area contributed by atoms with Gasteiger partial charge in [0.05, 0.1) is 10.2 Å². The molecule has 0 bridgehead atoms. The molecule has 0 fully saturated rings. The molecule has 0 saturated heterocycles. The number of amides is 2. The van der Waals surface area contributed by atoms with Gasteiger partial charge in [-0.15, -0.1) is 5.10 Å². The minimum Gasteiger partial charge on any atom is -0.332 e. The van der Waals surface area contributed by atoms with Crippen molar-refractivity contribution in [1.82, 2.24) is 15.3 Å². The van der Waals surface area contributed by atoms with Crippen molar-refractivity contribution in [3.8, 4) is 0 Å². The molecule has 2 rings (SSSR count). The van der Waals surface area contributed by atoms with Gasteiger partial charge in [0, 0.05) is 12.6 Å². The van der Waals surface area contributed by atoms with E-state index in [2.05, 4.69) is 15.8 Å². The van der Waals surface area contributed by atoms with Gasteiger partial charge in [0.15, 0.2) is 0 Å². The summed E-state index contributed by atoms with van der Waals surface area (Å²) in [6.45, 7) is 5.77. The average molecular weight is 278 g/mol. The summed E-state index contributed by atoms with van der Waals surface area (Å²) in [5, 5.41) is 6.94. The summed E-state index contributed by atoms with van der Waals surface area (Å²) >= 11 is 1.54. The quantitative estimate of drug-likeness (QED) is 0.772. The first-order chi connectivity index (χ1) is 8.87. The van der Waals surface area contributed by atoms with E-state index in [1.165, 1.54) is 11.3 Å². The molecule has 0 spiro atoms. The number of aryl methyl sites for hydroxylation is 1. The zero-order valence-corrected chi connectivity index (χ0v) is 12.3. The number of nitrogens with one attached hydrogen (secondary N) is 2. The first kappa shape index (κ1) is 13.6. The molecule has 0 aliphatic carbocycles. The smallest absolute Gasteiger partial charge is 0.332 e. The van der Waals surface area contributed by atoms with Crippen molar-refractivity contribution in [3.05, 3.63) is 29.1 Å². The number of hydrogen-bond donors (Lipinski definition) is 2. The first-order valence-electron chi connectivity index (χ1n) is 6.03. The van der Waals surface area contributed by atoms with Crippen molar-refractivity contribution in [1.29, 1.82) is 0 Å². The van der Waals surface area contributed by atoms with Crippen LogP contribution < -0.4 is 15.5 Å². The maximum atomic E-state index is 11.6. The van der Waals surface area contributed by atoms with Crippen molar-refractivity contribution in [3.63, 3.8) is 0 Å². The van der Waals surface area contributed by atoms with Gasteiger partial charge in [-0.2, -0.15) is 0 Å². The minimum atomic E-state index is -0.301. The van der Waals surface area contributed by atoms with Gasteiger partial charge in [0.1, 0.15) is 0 Å². The van der Waals surface area contributed by atoms with Crippen LogP contribution in [0.2, 0.25) is 0 Å². The van der Waals surface area contributed by atoms with Gasteiger partial charge in [-0.3, -0.25) is 0 Å². The molecule has 0 atom stereocenters. The third-order valence-corrected chi connectivity index (χ3v) is 3.57. The Morgan fingerprint density at radius 2 is 2.00 bits per heavy atom. The fourth-order valence-electron chi connectivity index (χ4n) is 1.66. The molecule has 102 valence electrons. The molecule has 2 N–H and O–H groups in total. The van der Waals surface area contributed by atoms with Crippen LogP contribution >= 0.6 is 11.3 Å². The van der Waals surface area contributed by atoms with E-state index < -0.39 is 0 Å². The van der Waals surface area contributed by atoms with Gasteiger partial charge < -0.3 is 9.88 Å². The topological polar surface area (TPSA) is 58.4 Å². The van der Waals surface area contributed by atoms with E-state index in [1.54, 1.807) is 0 Å². The lowest BCUT2D eigenvalue weighted by Gasteiger charge is -2.19. The van der Waals surface area contributed by atoms with Gasteiger partial charge >= 0.3 is 6.03 Å². The van der Waals surface area contributed by atoms with E-state index in [1.807, 2.05) is 56.7 Å². The Bertz CT molecular complexity index is 663. The van der Waals surface area contributed by atoms with Crippen LogP contribution in [0.25, 0.3) is 10.2 Å². The number of nitrogens with zero attached hydrogens (tertiary/aromatic N) is 2. The van der Waals surface area contributed by atoms with Crippen molar-refractivity contribution in [2.24, 2.45) is 12.1 Å². The maximum absolute atomic E-state index is 11.6. The number of benzene rings is 1. The Morgan fingerprint density at radius 1 is 1.32 bits per heavy atom. The van der Waals surface area contributed by atoms with Crippen LogP contribution in [0, 0.1) is 0 Å². The monoisotopic (exact) mass is 278 g/mol. The van der Waals surface area contributed by atoms with Crippen LogP contribution in [0.1, 0.15) is 20.8 Å². The zero-order valence-electron chi connectivity index (χ0n) is 11.5. The number of rotatable bonds is 1. The van der Waals surface area contributed by atoms with E-state index >= 15 is 0 Å². The second-order valence-electron chi connectivity index (χ2n) is 5.34. The van der Waals surface area contributed by atoms with Gasteiger partial charge in [0.25, 0.3) is 0 Å². The standard InChI is InChI=1S/C13H18N4OS/c1-13(2,3)14-11(18)15-16-12-17(4)9-7-5-6-8-10(9)19-12/h5-8H,1-4H3,(H2,14,15,18)/b16-12-. The molecule has 0 aliphatic rings. The predicted octanol–water partition coefficient (Wildman–Crippen LogP) is 2.15. The maximum Gasteiger partial charge on any atom is 0.335 e. The number of fused-ring (bicyclic) bond motifs is 1. The number of aromatic nitrogens is 1. The van der Waals surface area contributed by atoms with Crippen LogP contribution in [0.5, 0.6) is 0 Å². The predicted molar refractivity (Wildman–Crippen MR) is 77.8 cm³/mol. The summed E-state index contributed by atoms with van der Waals surface area (Å²) in [6.07, 6.45) is 0. The van der Waals surface area contributed by atoms with Crippen LogP contribution in [0.15, 0.2) is 29.4 Å². The first-order valence-corrected chi connectivity index (χ1v) is 6.85. The largest absolute Gasteiger partial charge is 0.335 e. The third kappa shape index (κ3) is 3.35. The van der Waals surface area contributed by atoms with Crippen molar-refractivity contribution >= 4 is 27.6 Å². The zero-order chi connectivity index (χ0) is 14.0. The van der Waals surface area contributed by atoms with Crippen molar-refractivity contribution in [2.45, 2.75) is 26.3 Å². The summed E-state index contributed by atoms with van der Waals surface area (Å²) in [4.78, 5) is 12.4. The molecular formula is C13H18N4OS. The second kappa shape index (κ2) is 5.05. The minimum absolute atomic E-state index is 0.276. The normalized spacial score (nSPS) is 12.7. The summed E-state index contributed by atoms with van der Waals surface area (Å²) in [5.74, 6) is 0. The van der Waals surface area contributed by atoms with E-state index in [9.17, 15) is 4.79 Å². The van der Waals surface area contributed by atoms with Crippen LogP contribution in [0.4, 0.5) is 4.79 Å². The number of carbonyl (C=O) groups excluding carboxylic acids is 1. The lowest BCUT2D eigenvalue weighted by molar-refractivity contribution is 0.232. The molecule has 1 heterocycles. The lowest BCUT2D eigenvalue weighted by atomic mass is 10.1. The third-order valence-electron chi connectivity index (χ3n) is 2.46. The molecule has 19 heavy (non-hydrogen) atoms. The fourth-order valence-corrected chi connectivity index (χ4v) is 2.63. The van der Waals surface area contributed by atoms with E-state index in [0.29, 0.717) is 0 Å². The molecular weight excluding hydrogens is 260 g/mol.